The van der Waals surface area contributed by atoms with Gasteiger partial charge in [0.15, 0.2) is 0 Å². The molecule has 0 aliphatic carbocycles. The molecule has 122 valence electrons. The number of rotatable bonds is 6. The smallest absolute Gasteiger partial charge is 0.119 e. The van der Waals surface area contributed by atoms with E-state index in [-0.39, 0.29) is 0 Å². The molecule has 0 bridgehead atoms. The predicted octanol–water partition coefficient (Wildman–Crippen LogP) is 4.61. The molecule has 24 heavy (non-hydrogen) atoms. The number of benzene rings is 2. The molecule has 0 saturated heterocycles. The summed E-state index contributed by atoms with van der Waals surface area (Å²) in [5, 5.41) is 0. The molecule has 4 nitrogen and oxygen atoms in total. The monoisotopic (exact) mass is 320 g/mol. The summed E-state index contributed by atoms with van der Waals surface area (Å²) >= 11 is 0. The Kier molecular flexibility index (Phi) is 5.06. The molecule has 0 radical (unpaired) electrons. The Bertz CT molecular complexity index is 719. The minimum atomic E-state index is 0.661. The van der Waals surface area contributed by atoms with Crippen molar-refractivity contribution in [1.82, 2.24) is 9.97 Å². The van der Waals surface area contributed by atoms with Crippen molar-refractivity contribution in [2.75, 3.05) is 13.2 Å². The molecule has 1 heterocycles. The third kappa shape index (κ3) is 3.71. The fourth-order valence-electron chi connectivity index (χ4n) is 2.45. The second-order valence-corrected chi connectivity index (χ2v) is 5.20. The van der Waals surface area contributed by atoms with Crippen LogP contribution >= 0.6 is 0 Å². The summed E-state index contributed by atoms with van der Waals surface area (Å²) in [7, 11) is 0. The molecule has 2 aromatic carbocycles. The lowest BCUT2D eigenvalue weighted by molar-refractivity contribution is 0.340. The van der Waals surface area contributed by atoms with Gasteiger partial charge in [-0.3, -0.25) is 0 Å². The van der Waals surface area contributed by atoms with Crippen LogP contribution < -0.4 is 9.47 Å². The van der Waals surface area contributed by atoms with Gasteiger partial charge in [-0.1, -0.05) is 0 Å². The lowest BCUT2D eigenvalue weighted by Gasteiger charge is -2.07. The summed E-state index contributed by atoms with van der Waals surface area (Å²) < 4.78 is 11.0. The van der Waals surface area contributed by atoms with Gasteiger partial charge in [-0.05, 0) is 68.4 Å². The van der Waals surface area contributed by atoms with Crippen molar-refractivity contribution in [1.29, 1.82) is 0 Å². The first-order valence-electron chi connectivity index (χ1n) is 8.08. The molecule has 0 atom stereocenters. The zero-order valence-electron chi connectivity index (χ0n) is 13.9. The van der Waals surface area contributed by atoms with Gasteiger partial charge in [0, 0.05) is 11.1 Å². The Morgan fingerprint density at radius 3 is 1.46 bits per heavy atom. The van der Waals surface area contributed by atoms with E-state index in [1.807, 2.05) is 68.4 Å². The van der Waals surface area contributed by atoms with Crippen LogP contribution in [0.4, 0.5) is 0 Å². The molecular formula is C20H20N2O2. The Balaban J connectivity index is 1.85. The molecule has 3 rings (SSSR count). The highest BCUT2D eigenvalue weighted by Gasteiger charge is 2.05. The molecule has 0 spiro atoms. The minimum Gasteiger partial charge on any atom is -0.494 e. The van der Waals surface area contributed by atoms with E-state index in [9.17, 15) is 0 Å². The zero-order chi connectivity index (χ0) is 16.8. The Morgan fingerprint density at radius 2 is 1.08 bits per heavy atom. The van der Waals surface area contributed by atoms with Crippen LogP contribution in [0.2, 0.25) is 0 Å². The van der Waals surface area contributed by atoms with Crippen molar-refractivity contribution in [3.63, 3.8) is 0 Å². The van der Waals surface area contributed by atoms with Crippen LogP contribution in [0.15, 0.2) is 60.9 Å². The lowest BCUT2D eigenvalue weighted by atomic mass is 10.1. The molecule has 3 aromatic rings. The number of nitrogens with zero attached hydrogens (tertiary/aromatic N) is 2. The number of aromatic nitrogens is 2. The quantitative estimate of drug-likeness (QED) is 0.665. The van der Waals surface area contributed by atoms with Crippen LogP contribution in [0.1, 0.15) is 13.8 Å². The summed E-state index contributed by atoms with van der Waals surface area (Å²) in [5.74, 6) is 1.73. The number of ether oxygens (including phenoxy) is 2. The number of hydrogen-bond acceptors (Lipinski definition) is 4. The molecule has 4 heteroatoms. The van der Waals surface area contributed by atoms with E-state index in [0.717, 1.165) is 34.0 Å². The van der Waals surface area contributed by atoms with Crippen LogP contribution in [-0.2, 0) is 0 Å². The molecular weight excluding hydrogens is 300 g/mol. The van der Waals surface area contributed by atoms with Crippen LogP contribution in [0, 0.1) is 0 Å². The highest BCUT2D eigenvalue weighted by Crippen LogP contribution is 2.25. The summed E-state index contributed by atoms with van der Waals surface area (Å²) in [5.41, 5.74) is 3.84. The third-order valence-electron chi connectivity index (χ3n) is 3.59. The lowest BCUT2D eigenvalue weighted by Crippen LogP contribution is -1.93. The van der Waals surface area contributed by atoms with Crippen molar-refractivity contribution in [3.05, 3.63) is 60.9 Å². The molecule has 0 aliphatic heterocycles. The molecule has 0 aliphatic rings. The average molecular weight is 320 g/mol. The van der Waals surface area contributed by atoms with Crippen molar-refractivity contribution in [2.45, 2.75) is 13.8 Å². The second kappa shape index (κ2) is 7.59. The highest BCUT2D eigenvalue weighted by atomic mass is 16.5. The van der Waals surface area contributed by atoms with Crippen LogP contribution in [0.3, 0.4) is 0 Å². The Hall–Kier alpha value is -2.88. The largest absolute Gasteiger partial charge is 0.494 e. The maximum absolute atomic E-state index is 5.48. The van der Waals surface area contributed by atoms with Gasteiger partial charge in [-0.25, -0.2) is 9.97 Å². The van der Waals surface area contributed by atoms with Crippen LogP contribution in [0.25, 0.3) is 22.5 Å². The van der Waals surface area contributed by atoms with Gasteiger partial charge < -0.3 is 9.47 Å². The van der Waals surface area contributed by atoms with Crippen LogP contribution in [0.5, 0.6) is 11.5 Å². The second-order valence-electron chi connectivity index (χ2n) is 5.20. The standard InChI is InChI=1S/C20H20N2O2/c1-3-23-17-9-5-15(6-10-17)19-13-20(22-14-21-19)16-7-11-18(12-8-16)24-4-2/h5-14H,3-4H2,1-2H3. The molecule has 0 unspecified atom stereocenters. The van der Waals surface area contributed by atoms with Gasteiger partial charge in [0.2, 0.25) is 0 Å². The summed E-state index contributed by atoms with van der Waals surface area (Å²) in [4.78, 5) is 8.76. The Labute approximate surface area is 142 Å². The average Bonchev–Trinajstić information content (AvgIpc) is 2.64. The topological polar surface area (TPSA) is 44.2 Å². The minimum absolute atomic E-state index is 0.661. The maximum Gasteiger partial charge on any atom is 0.119 e. The van der Waals surface area contributed by atoms with E-state index in [1.54, 1.807) is 6.33 Å². The van der Waals surface area contributed by atoms with Gasteiger partial charge in [0.25, 0.3) is 0 Å². The van der Waals surface area contributed by atoms with E-state index in [0.29, 0.717) is 13.2 Å². The fourth-order valence-corrected chi connectivity index (χ4v) is 2.45. The van der Waals surface area contributed by atoms with E-state index in [4.69, 9.17) is 9.47 Å². The summed E-state index contributed by atoms with van der Waals surface area (Å²) in [6, 6.07) is 17.9. The van der Waals surface area contributed by atoms with Gasteiger partial charge in [-0.2, -0.15) is 0 Å². The summed E-state index contributed by atoms with van der Waals surface area (Å²) in [6.07, 6.45) is 1.59. The first-order valence-corrected chi connectivity index (χ1v) is 8.08. The SMILES string of the molecule is CCOc1ccc(-c2cc(-c3ccc(OCC)cc3)ncn2)cc1. The van der Waals surface area contributed by atoms with E-state index in [1.165, 1.54) is 0 Å². The van der Waals surface area contributed by atoms with Gasteiger partial charge in [0.05, 0.1) is 24.6 Å². The Morgan fingerprint density at radius 1 is 0.667 bits per heavy atom. The molecule has 1 aromatic heterocycles. The fraction of sp³-hybridized carbons (Fsp3) is 0.200. The molecule has 0 N–H and O–H groups in total. The van der Waals surface area contributed by atoms with Gasteiger partial charge >= 0.3 is 0 Å². The van der Waals surface area contributed by atoms with Crippen molar-refractivity contribution < 1.29 is 9.47 Å². The third-order valence-corrected chi connectivity index (χ3v) is 3.59. The first-order chi connectivity index (χ1) is 11.8. The first kappa shape index (κ1) is 16.0. The maximum atomic E-state index is 5.48. The molecule has 0 amide bonds. The molecule has 0 fully saturated rings. The van der Waals surface area contributed by atoms with Crippen molar-refractivity contribution >= 4 is 0 Å². The van der Waals surface area contributed by atoms with Crippen molar-refractivity contribution in [3.8, 4) is 34.0 Å². The normalized spacial score (nSPS) is 10.4. The predicted molar refractivity (Wildman–Crippen MR) is 95.2 cm³/mol. The van der Waals surface area contributed by atoms with Gasteiger partial charge in [-0.15, -0.1) is 0 Å². The van der Waals surface area contributed by atoms with Gasteiger partial charge in [0.1, 0.15) is 17.8 Å². The molecule has 0 saturated carbocycles. The highest BCUT2D eigenvalue weighted by molar-refractivity contribution is 5.68. The van der Waals surface area contributed by atoms with E-state index < -0.39 is 0 Å². The summed E-state index contributed by atoms with van der Waals surface area (Å²) in [6.45, 7) is 5.27. The van der Waals surface area contributed by atoms with Crippen LogP contribution in [-0.4, -0.2) is 23.2 Å². The van der Waals surface area contributed by atoms with E-state index in [2.05, 4.69) is 9.97 Å². The zero-order valence-corrected chi connectivity index (χ0v) is 13.9. The van der Waals surface area contributed by atoms with Crippen molar-refractivity contribution in [2.24, 2.45) is 0 Å². The van der Waals surface area contributed by atoms with E-state index >= 15 is 0 Å². The number of hydrogen-bond donors (Lipinski definition) is 0.